The zero-order chi connectivity index (χ0) is 38.5. The molecule has 8 nitrogen and oxygen atoms in total. The normalized spacial score (nSPS) is 12.9. The predicted octanol–water partition coefficient (Wildman–Crippen LogP) is 10.4. The van der Waals surface area contributed by atoms with Crippen molar-refractivity contribution in [2.75, 3.05) is 41.0 Å². The van der Waals surface area contributed by atoms with Crippen molar-refractivity contribution in [2.24, 2.45) is 0 Å². The van der Waals surface area contributed by atoms with Gasteiger partial charge in [0.05, 0.1) is 40.3 Å². The van der Waals surface area contributed by atoms with Crippen molar-refractivity contribution in [3.05, 3.63) is 0 Å². The van der Waals surface area contributed by atoms with Gasteiger partial charge in [-0.05, 0) is 12.8 Å². The minimum Gasteiger partial charge on any atom is -0.544 e. The molecular formula is C44H85NO7. The van der Waals surface area contributed by atoms with Crippen LogP contribution in [0, 0.1) is 0 Å². The van der Waals surface area contributed by atoms with Gasteiger partial charge in [-0.2, -0.15) is 0 Å². The first-order valence-electron chi connectivity index (χ1n) is 22.1. The fourth-order valence-electron chi connectivity index (χ4n) is 6.78. The molecule has 0 aliphatic heterocycles. The molecule has 8 heteroatoms. The number of aliphatic carboxylic acids is 1. The number of hydrogen-bond donors (Lipinski definition) is 0. The van der Waals surface area contributed by atoms with Gasteiger partial charge in [0.25, 0.3) is 0 Å². The minimum absolute atomic E-state index is 0.0491. The van der Waals surface area contributed by atoms with Crippen LogP contribution in [0.2, 0.25) is 0 Å². The van der Waals surface area contributed by atoms with Gasteiger partial charge < -0.3 is 28.6 Å². The molecule has 0 N–H and O–H groups in total. The zero-order valence-electron chi connectivity index (χ0n) is 35.0. The molecule has 0 aliphatic carbocycles. The molecule has 2 atom stereocenters. The van der Waals surface area contributed by atoms with E-state index >= 15 is 0 Å². The number of hydrogen-bond acceptors (Lipinski definition) is 7. The Balaban J connectivity index is 4.30. The highest BCUT2D eigenvalue weighted by molar-refractivity contribution is 5.70. The van der Waals surface area contributed by atoms with Crippen LogP contribution in [0.25, 0.3) is 0 Å². The smallest absolute Gasteiger partial charge is 0.306 e. The summed E-state index contributed by atoms with van der Waals surface area (Å²) in [5.41, 5.74) is 0. The molecule has 0 aromatic heterocycles. The third-order valence-electron chi connectivity index (χ3n) is 10.2. The van der Waals surface area contributed by atoms with E-state index in [9.17, 15) is 19.5 Å². The lowest BCUT2D eigenvalue weighted by molar-refractivity contribution is -0.889. The van der Waals surface area contributed by atoms with E-state index < -0.39 is 18.1 Å². The number of likely N-dealkylation sites (N-methyl/N-ethyl adjacent to an activating group) is 1. The van der Waals surface area contributed by atoms with Crippen LogP contribution in [0.15, 0.2) is 0 Å². The highest BCUT2D eigenvalue weighted by Crippen LogP contribution is 2.16. The molecule has 0 aliphatic rings. The molecule has 0 heterocycles. The van der Waals surface area contributed by atoms with Crippen LogP contribution in [0.1, 0.15) is 213 Å². The van der Waals surface area contributed by atoms with Gasteiger partial charge in [0.15, 0.2) is 6.10 Å². The molecule has 0 aromatic carbocycles. The van der Waals surface area contributed by atoms with Crippen LogP contribution in [0.4, 0.5) is 0 Å². The standard InChI is InChI=1S/C44H85NO7/c1-6-8-10-12-14-16-18-20-21-23-25-27-29-31-33-35-43(47)52-40(38-50-37-36-41(44(48)49)45(3,4)5)39-51-42(46)34-32-30-28-26-24-22-19-17-15-13-11-9-7-2/h40-41H,6-39H2,1-5H3. The van der Waals surface area contributed by atoms with Crippen LogP contribution in [0.5, 0.6) is 0 Å². The van der Waals surface area contributed by atoms with Crippen LogP contribution >= 0.6 is 0 Å². The van der Waals surface area contributed by atoms with Gasteiger partial charge in [0.2, 0.25) is 0 Å². The first-order chi connectivity index (χ1) is 25.1. The minimum atomic E-state index is -1.12. The van der Waals surface area contributed by atoms with Crippen molar-refractivity contribution in [3.63, 3.8) is 0 Å². The van der Waals surface area contributed by atoms with E-state index in [0.29, 0.717) is 12.8 Å². The Hall–Kier alpha value is -1.67. The molecule has 0 aromatic rings. The van der Waals surface area contributed by atoms with Crippen LogP contribution in [0.3, 0.4) is 0 Å². The Bertz CT molecular complexity index is 828. The second-order valence-electron chi connectivity index (χ2n) is 16.3. The summed E-state index contributed by atoms with van der Waals surface area (Å²) in [5.74, 6) is -1.71. The van der Waals surface area contributed by atoms with Crippen LogP contribution in [-0.4, -0.2) is 75.5 Å². The number of nitrogens with zero attached hydrogens (tertiary/aromatic N) is 1. The Labute approximate surface area is 321 Å². The van der Waals surface area contributed by atoms with E-state index in [4.69, 9.17) is 14.2 Å². The topological polar surface area (TPSA) is 102 Å². The van der Waals surface area contributed by atoms with Crippen LogP contribution in [-0.2, 0) is 28.6 Å². The second kappa shape index (κ2) is 36.3. The van der Waals surface area contributed by atoms with Crippen molar-refractivity contribution in [1.29, 1.82) is 0 Å². The second-order valence-corrected chi connectivity index (χ2v) is 16.3. The molecule has 308 valence electrons. The first-order valence-corrected chi connectivity index (χ1v) is 22.1. The Kier molecular flexibility index (Phi) is 35.1. The van der Waals surface area contributed by atoms with Crippen LogP contribution < -0.4 is 5.11 Å². The molecule has 0 rings (SSSR count). The van der Waals surface area contributed by atoms with E-state index in [1.165, 1.54) is 141 Å². The molecule has 52 heavy (non-hydrogen) atoms. The third kappa shape index (κ3) is 34.1. The summed E-state index contributed by atoms with van der Waals surface area (Å²) in [6.07, 6.45) is 35.4. The van der Waals surface area contributed by atoms with Gasteiger partial charge in [-0.3, -0.25) is 9.59 Å². The van der Waals surface area contributed by atoms with Crippen molar-refractivity contribution < 1.29 is 38.2 Å². The van der Waals surface area contributed by atoms with Crippen molar-refractivity contribution in [1.82, 2.24) is 0 Å². The van der Waals surface area contributed by atoms with E-state index in [-0.39, 0.29) is 42.7 Å². The van der Waals surface area contributed by atoms with Crippen molar-refractivity contribution >= 4 is 17.9 Å². The third-order valence-corrected chi connectivity index (χ3v) is 10.2. The van der Waals surface area contributed by atoms with Gasteiger partial charge in [0.1, 0.15) is 12.6 Å². The maximum atomic E-state index is 12.7. The van der Waals surface area contributed by atoms with Gasteiger partial charge in [-0.15, -0.1) is 0 Å². The predicted molar refractivity (Wildman–Crippen MR) is 213 cm³/mol. The van der Waals surface area contributed by atoms with E-state index in [1.807, 2.05) is 0 Å². The monoisotopic (exact) mass is 740 g/mol. The van der Waals surface area contributed by atoms with E-state index in [1.54, 1.807) is 21.1 Å². The largest absolute Gasteiger partial charge is 0.544 e. The van der Waals surface area contributed by atoms with E-state index in [0.717, 1.165) is 38.5 Å². The lowest BCUT2D eigenvalue weighted by atomic mass is 10.0. The summed E-state index contributed by atoms with van der Waals surface area (Å²) in [7, 11) is 5.42. The maximum absolute atomic E-state index is 12.7. The number of quaternary nitrogens is 1. The van der Waals surface area contributed by atoms with Gasteiger partial charge in [-0.25, -0.2) is 0 Å². The molecule has 0 amide bonds. The SMILES string of the molecule is CCCCCCCCCCCCCCCCCC(=O)OC(COCCC(C(=O)[O-])[N+](C)(C)C)COC(=O)CCCCCCCCCCCCCCC. The number of carboxylic acids is 1. The first kappa shape index (κ1) is 50.3. The molecule has 0 spiro atoms. The molecule has 0 saturated carbocycles. The molecule has 0 fully saturated rings. The fourth-order valence-corrected chi connectivity index (χ4v) is 6.78. The number of ether oxygens (including phenoxy) is 3. The van der Waals surface area contributed by atoms with Crippen molar-refractivity contribution in [3.8, 4) is 0 Å². The van der Waals surface area contributed by atoms with E-state index in [2.05, 4.69) is 13.8 Å². The average molecular weight is 740 g/mol. The number of carbonyl (C=O) groups excluding carboxylic acids is 3. The summed E-state index contributed by atoms with van der Waals surface area (Å²) in [4.78, 5) is 36.8. The molecule has 0 radical (unpaired) electrons. The number of esters is 2. The lowest BCUT2D eigenvalue weighted by Gasteiger charge is -2.34. The molecule has 0 bridgehead atoms. The Morgan fingerprint density at radius 3 is 1.19 bits per heavy atom. The summed E-state index contributed by atoms with van der Waals surface area (Å²) in [6.45, 7) is 4.69. The highest BCUT2D eigenvalue weighted by Gasteiger charge is 2.25. The number of unbranched alkanes of at least 4 members (excludes halogenated alkanes) is 26. The average Bonchev–Trinajstić information content (AvgIpc) is 3.09. The van der Waals surface area contributed by atoms with Crippen molar-refractivity contribution in [2.45, 2.75) is 225 Å². The Morgan fingerprint density at radius 1 is 0.500 bits per heavy atom. The number of rotatable bonds is 40. The Morgan fingerprint density at radius 2 is 0.846 bits per heavy atom. The lowest BCUT2D eigenvalue weighted by Crippen LogP contribution is -2.55. The number of carboxylic acid groups (broad SMARTS) is 1. The molecular weight excluding hydrogens is 654 g/mol. The maximum Gasteiger partial charge on any atom is 0.306 e. The summed E-state index contributed by atoms with van der Waals surface area (Å²) < 4.78 is 17.2. The quantitative estimate of drug-likeness (QED) is 0.0350. The summed E-state index contributed by atoms with van der Waals surface area (Å²) >= 11 is 0. The molecule has 2 unspecified atom stereocenters. The fraction of sp³-hybridized carbons (Fsp3) is 0.932. The zero-order valence-corrected chi connectivity index (χ0v) is 35.0. The summed E-state index contributed by atoms with van der Waals surface area (Å²) in [5, 5.41) is 11.6. The number of carbonyl (C=O) groups is 3. The molecule has 0 saturated heterocycles. The highest BCUT2D eigenvalue weighted by atomic mass is 16.6. The van der Waals surface area contributed by atoms with Gasteiger partial charge in [0, 0.05) is 19.3 Å². The van der Waals surface area contributed by atoms with Gasteiger partial charge in [-0.1, -0.05) is 181 Å². The summed E-state index contributed by atoms with van der Waals surface area (Å²) in [6, 6.07) is -0.718. The van der Waals surface area contributed by atoms with Gasteiger partial charge >= 0.3 is 11.9 Å².